The Bertz CT molecular complexity index is 244. The fraction of sp³-hybridized carbons (Fsp3) is 0.727. The third-order valence-corrected chi connectivity index (χ3v) is 2.98. The Kier molecular flexibility index (Phi) is 4.39. The highest BCUT2D eigenvalue weighted by Crippen LogP contribution is 2.28. The van der Waals surface area contributed by atoms with E-state index in [0.717, 1.165) is 18.6 Å². The van der Waals surface area contributed by atoms with Crippen LogP contribution in [0.3, 0.4) is 0 Å². The molecule has 0 aromatic heterocycles. The first kappa shape index (κ1) is 11.5. The van der Waals surface area contributed by atoms with Crippen LogP contribution >= 0.6 is 0 Å². The average molecular weight is 211 g/mol. The van der Waals surface area contributed by atoms with Crippen LogP contribution in [0.5, 0.6) is 0 Å². The molecule has 14 heavy (non-hydrogen) atoms. The van der Waals surface area contributed by atoms with Gasteiger partial charge in [0, 0.05) is 6.42 Å². The molecule has 0 amide bonds. The van der Waals surface area contributed by atoms with E-state index in [2.05, 4.69) is 20.0 Å². The molecule has 1 rings (SSSR count). The molecule has 3 heteroatoms. The zero-order valence-corrected chi connectivity index (χ0v) is 10.4. The number of hydrogen-bond acceptors (Lipinski definition) is 2. The van der Waals surface area contributed by atoms with Crippen LogP contribution in [0.25, 0.3) is 0 Å². The summed E-state index contributed by atoms with van der Waals surface area (Å²) < 4.78 is 5.67. The Labute approximate surface area is 88.1 Å². The van der Waals surface area contributed by atoms with Crippen LogP contribution < -0.4 is 0 Å². The quantitative estimate of drug-likeness (QED) is 0.653. The van der Waals surface area contributed by atoms with Crippen LogP contribution in [-0.2, 0) is 9.22 Å². The van der Waals surface area contributed by atoms with Gasteiger partial charge in [0.2, 0.25) is 0 Å². The fourth-order valence-electron chi connectivity index (χ4n) is 1.65. The van der Waals surface area contributed by atoms with Crippen molar-refractivity contribution in [1.29, 1.82) is 0 Å². The zero-order chi connectivity index (χ0) is 10.6. The number of unbranched alkanes of at least 4 members (excludes halogenated alkanes) is 1. The summed E-state index contributed by atoms with van der Waals surface area (Å²) in [7, 11) is -0.786. The van der Waals surface area contributed by atoms with Crippen molar-refractivity contribution in [2.75, 3.05) is 0 Å². The molecule has 0 saturated heterocycles. The van der Waals surface area contributed by atoms with E-state index < -0.39 is 9.04 Å². The Balaban J connectivity index is 2.64. The van der Waals surface area contributed by atoms with Crippen LogP contribution in [0, 0.1) is 0 Å². The molecule has 0 atom stereocenters. The second-order valence-electron chi connectivity index (χ2n) is 3.97. The largest absolute Gasteiger partial charge is 0.540 e. The lowest BCUT2D eigenvalue weighted by Gasteiger charge is -2.10. The topological polar surface area (TPSA) is 26.3 Å². The zero-order valence-electron chi connectivity index (χ0n) is 9.35. The van der Waals surface area contributed by atoms with Crippen LogP contribution in [0.2, 0.25) is 13.1 Å². The van der Waals surface area contributed by atoms with Gasteiger partial charge >= 0.3 is 0 Å². The van der Waals surface area contributed by atoms with E-state index >= 15 is 0 Å². The first-order chi connectivity index (χ1) is 6.65. The maximum Gasteiger partial charge on any atom is 0.274 e. The Morgan fingerprint density at radius 3 is 2.64 bits per heavy atom. The lowest BCUT2D eigenvalue weighted by molar-refractivity contribution is -0.116. The van der Waals surface area contributed by atoms with Crippen LogP contribution in [0.1, 0.15) is 39.0 Å². The van der Waals surface area contributed by atoms with Crippen molar-refractivity contribution in [3.8, 4) is 0 Å². The van der Waals surface area contributed by atoms with Crippen molar-refractivity contribution in [3.05, 3.63) is 11.3 Å². The standard InChI is InChI=1S/C11H19O2Si/c1-4-5-6-9-7-8-10(12)11(9)13-14(2)3/h4-8H2,1-3H3. The van der Waals surface area contributed by atoms with Crippen molar-refractivity contribution in [3.63, 3.8) is 0 Å². The lowest BCUT2D eigenvalue weighted by Crippen LogP contribution is -2.12. The molecule has 0 saturated carbocycles. The van der Waals surface area contributed by atoms with Gasteiger partial charge in [-0.2, -0.15) is 0 Å². The number of Topliss-reactive ketones (excluding diaryl/α,β-unsaturated/α-hetero) is 1. The first-order valence-electron chi connectivity index (χ1n) is 5.38. The van der Waals surface area contributed by atoms with Gasteiger partial charge in [-0.05, 0) is 37.9 Å². The number of allylic oxidation sites excluding steroid dienone is 2. The van der Waals surface area contributed by atoms with Gasteiger partial charge in [-0.3, -0.25) is 4.79 Å². The molecule has 0 heterocycles. The minimum Gasteiger partial charge on any atom is -0.540 e. The Hall–Kier alpha value is -0.573. The van der Waals surface area contributed by atoms with Crippen LogP contribution in [0.4, 0.5) is 0 Å². The summed E-state index contributed by atoms with van der Waals surface area (Å²) in [6.45, 7) is 6.31. The molecular weight excluding hydrogens is 192 g/mol. The average Bonchev–Trinajstić information content (AvgIpc) is 2.45. The summed E-state index contributed by atoms with van der Waals surface area (Å²) in [4.78, 5) is 11.5. The monoisotopic (exact) mass is 211 g/mol. The van der Waals surface area contributed by atoms with Crippen molar-refractivity contribution in [2.24, 2.45) is 0 Å². The smallest absolute Gasteiger partial charge is 0.274 e. The van der Waals surface area contributed by atoms with Gasteiger partial charge in [-0.1, -0.05) is 13.3 Å². The molecule has 1 aliphatic carbocycles. The number of hydrogen-bond donors (Lipinski definition) is 0. The lowest BCUT2D eigenvalue weighted by atomic mass is 10.1. The maximum atomic E-state index is 11.5. The SMILES string of the molecule is CCCCC1=C(O[Si](C)C)C(=O)CC1. The molecule has 0 fully saturated rings. The Morgan fingerprint density at radius 2 is 2.07 bits per heavy atom. The van der Waals surface area contributed by atoms with Gasteiger partial charge in [-0.25, -0.2) is 0 Å². The summed E-state index contributed by atoms with van der Waals surface area (Å²) in [5.74, 6) is 0.944. The first-order valence-corrected chi connectivity index (χ1v) is 7.79. The molecule has 0 aromatic rings. The number of rotatable bonds is 5. The van der Waals surface area contributed by atoms with E-state index in [9.17, 15) is 4.79 Å². The molecule has 79 valence electrons. The van der Waals surface area contributed by atoms with Crippen molar-refractivity contribution < 1.29 is 9.22 Å². The highest BCUT2D eigenvalue weighted by molar-refractivity contribution is 6.49. The van der Waals surface area contributed by atoms with Gasteiger partial charge in [0.25, 0.3) is 9.04 Å². The van der Waals surface area contributed by atoms with E-state index in [4.69, 9.17) is 4.43 Å². The van der Waals surface area contributed by atoms with E-state index in [1.54, 1.807) is 0 Å². The molecule has 0 aromatic carbocycles. The minimum absolute atomic E-state index is 0.224. The third kappa shape index (κ3) is 2.98. The van der Waals surface area contributed by atoms with E-state index in [0.29, 0.717) is 6.42 Å². The normalized spacial score (nSPS) is 17.0. The second-order valence-corrected chi connectivity index (χ2v) is 5.99. The summed E-state index contributed by atoms with van der Waals surface area (Å²) >= 11 is 0. The fourth-order valence-corrected chi connectivity index (χ4v) is 2.32. The molecule has 1 aliphatic rings. The Morgan fingerprint density at radius 1 is 1.36 bits per heavy atom. The van der Waals surface area contributed by atoms with Gasteiger partial charge in [0.1, 0.15) is 5.76 Å². The molecule has 2 nitrogen and oxygen atoms in total. The van der Waals surface area contributed by atoms with Gasteiger partial charge in [-0.15, -0.1) is 0 Å². The van der Waals surface area contributed by atoms with Crippen LogP contribution in [0.15, 0.2) is 11.3 Å². The number of carbonyl (C=O) groups is 1. The molecule has 0 N–H and O–H groups in total. The summed E-state index contributed by atoms with van der Waals surface area (Å²) in [5, 5.41) is 0. The molecular formula is C11H19O2Si. The van der Waals surface area contributed by atoms with Gasteiger partial charge < -0.3 is 4.43 Å². The maximum absolute atomic E-state index is 11.5. The van der Waals surface area contributed by atoms with E-state index in [1.165, 1.54) is 18.4 Å². The minimum atomic E-state index is -0.786. The molecule has 1 radical (unpaired) electrons. The van der Waals surface area contributed by atoms with Crippen LogP contribution in [-0.4, -0.2) is 14.8 Å². The van der Waals surface area contributed by atoms with E-state index in [-0.39, 0.29) is 5.78 Å². The molecule has 0 aliphatic heterocycles. The predicted molar refractivity (Wildman–Crippen MR) is 59.4 cm³/mol. The highest BCUT2D eigenvalue weighted by atomic mass is 28.3. The van der Waals surface area contributed by atoms with Gasteiger partial charge in [0.15, 0.2) is 5.78 Å². The van der Waals surface area contributed by atoms with Crippen molar-refractivity contribution >= 4 is 14.8 Å². The van der Waals surface area contributed by atoms with Gasteiger partial charge in [0.05, 0.1) is 0 Å². The molecule has 0 bridgehead atoms. The second kappa shape index (κ2) is 5.34. The highest BCUT2D eigenvalue weighted by Gasteiger charge is 2.24. The third-order valence-electron chi connectivity index (χ3n) is 2.37. The molecule has 0 unspecified atom stereocenters. The summed E-state index contributed by atoms with van der Waals surface area (Å²) in [5.41, 5.74) is 1.27. The summed E-state index contributed by atoms with van der Waals surface area (Å²) in [6, 6.07) is 0. The predicted octanol–water partition coefficient (Wildman–Crippen LogP) is 3.06. The van der Waals surface area contributed by atoms with Crippen molar-refractivity contribution in [1.82, 2.24) is 0 Å². The summed E-state index contributed by atoms with van der Waals surface area (Å²) in [6.07, 6.45) is 5.01. The number of carbonyl (C=O) groups excluding carboxylic acids is 1. The van der Waals surface area contributed by atoms with E-state index in [1.807, 2.05) is 0 Å². The molecule has 0 spiro atoms. The van der Waals surface area contributed by atoms with Crippen molar-refractivity contribution in [2.45, 2.75) is 52.1 Å². The number of ketones is 1.